The van der Waals surface area contributed by atoms with Crippen LogP contribution in [0.1, 0.15) is 54.7 Å². The smallest absolute Gasteiger partial charge is 0.282 e. The Balaban J connectivity index is 2.24. The third-order valence-corrected chi connectivity index (χ3v) is 4.18. The number of nitrogens with one attached hydrogen (secondary N) is 1. The van der Waals surface area contributed by atoms with E-state index in [1.807, 2.05) is 26.0 Å². The second-order valence-corrected chi connectivity index (χ2v) is 6.46. The monoisotopic (exact) mass is 340 g/mol. The van der Waals surface area contributed by atoms with Crippen LogP contribution >= 0.6 is 0 Å². The van der Waals surface area contributed by atoms with Gasteiger partial charge in [0.25, 0.3) is 11.6 Å². The molecule has 1 atom stereocenters. The first-order chi connectivity index (χ1) is 11.9. The Hall–Kier alpha value is -2.69. The zero-order valence-corrected chi connectivity index (χ0v) is 14.9. The first-order valence-electron chi connectivity index (χ1n) is 8.57. The van der Waals surface area contributed by atoms with Crippen molar-refractivity contribution >= 4 is 11.6 Å². The van der Waals surface area contributed by atoms with Crippen molar-refractivity contribution < 1.29 is 9.72 Å². The molecular weight excluding hydrogens is 316 g/mol. The Morgan fingerprint density at radius 1 is 1.12 bits per heavy atom. The van der Waals surface area contributed by atoms with Crippen LogP contribution < -0.4 is 5.32 Å². The van der Waals surface area contributed by atoms with E-state index in [0.29, 0.717) is 0 Å². The van der Waals surface area contributed by atoms with Crippen LogP contribution in [0.15, 0.2) is 48.5 Å². The first kappa shape index (κ1) is 18.6. The minimum atomic E-state index is -0.529. The van der Waals surface area contributed by atoms with E-state index < -0.39 is 10.8 Å². The number of hydrogen-bond acceptors (Lipinski definition) is 3. The Morgan fingerprint density at radius 3 is 2.32 bits per heavy atom. The third kappa shape index (κ3) is 4.66. The molecule has 5 nitrogen and oxygen atoms in total. The van der Waals surface area contributed by atoms with E-state index in [0.717, 1.165) is 18.4 Å². The van der Waals surface area contributed by atoms with Gasteiger partial charge in [0.1, 0.15) is 5.56 Å². The molecule has 2 rings (SSSR count). The van der Waals surface area contributed by atoms with Crippen LogP contribution in [0, 0.1) is 16.0 Å². The number of carbonyl (C=O) groups excluding carboxylic acids is 1. The van der Waals surface area contributed by atoms with Crippen LogP contribution in [-0.4, -0.2) is 10.8 Å². The van der Waals surface area contributed by atoms with E-state index in [9.17, 15) is 14.9 Å². The second-order valence-electron chi connectivity index (χ2n) is 6.46. The lowest BCUT2D eigenvalue weighted by atomic mass is 9.94. The Bertz CT molecular complexity index is 739. The molecule has 5 heteroatoms. The predicted molar refractivity (Wildman–Crippen MR) is 98.6 cm³/mol. The SMILES string of the molecule is CCCc1ccc(C(NC(=O)c2ccccc2[N+](=O)[O-])C(C)C)cc1. The highest BCUT2D eigenvalue weighted by Gasteiger charge is 2.24. The fourth-order valence-electron chi connectivity index (χ4n) is 2.86. The lowest BCUT2D eigenvalue weighted by Crippen LogP contribution is -2.32. The number of carbonyl (C=O) groups is 1. The van der Waals surface area contributed by atoms with Crippen molar-refractivity contribution in [2.45, 2.75) is 39.7 Å². The molecule has 0 aliphatic heterocycles. The molecule has 0 aliphatic rings. The summed E-state index contributed by atoms with van der Waals surface area (Å²) in [5, 5.41) is 14.1. The fraction of sp³-hybridized carbons (Fsp3) is 0.350. The van der Waals surface area contributed by atoms with Gasteiger partial charge in [-0.2, -0.15) is 0 Å². The van der Waals surface area contributed by atoms with E-state index in [-0.39, 0.29) is 23.2 Å². The molecule has 25 heavy (non-hydrogen) atoms. The first-order valence-corrected chi connectivity index (χ1v) is 8.57. The zero-order valence-electron chi connectivity index (χ0n) is 14.9. The Kier molecular flexibility index (Phi) is 6.28. The van der Waals surface area contributed by atoms with Gasteiger partial charge in [0, 0.05) is 6.07 Å². The lowest BCUT2D eigenvalue weighted by molar-refractivity contribution is -0.385. The molecule has 132 valence electrons. The van der Waals surface area contributed by atoms with Gasteiger partial charge in [0.15, 0.2) is 0 Å². The van der Waals surface area contributed by atoms with Gasteiger partial charge in [0.2, 0.25) is 0 Å². The van der Waals surface area contributed by atoms with Crippen molar-refractivity contribution in [2.24, 2.45) is 5.92 Å². The quantitative estimate of drug-likeness (QED) is 0.588. The van der Waals surface area contributed by atoms with Crippen molar-refractivity contribution in [3.8, 4) is 0 Å². The molecule has 2 aromatic rings. The maximum absolute atomic E-state index is 12.6. The van der Waals surface area contributed by atoms with Crippen molar-refractivity contribution in [1.29, 1.82) is 0 Å². The van der Waals surface area contributed by atoms with Crippen LogP contribution in [0.2, 0.25) is 0 Å². The Labute approximate surface area is 148 Å². The Morgan fingerprint density at radius 2 is 1.76 bits per heavy atom. The number of amides is 1. The number of benzene rings is 2. The fourth-order valence-corrected chi connectivity index (χ4v) is 2.86. The minimum Gasteiger partial charge on any atom is -0.345 e. The number of rotatable bonds is 7. The number of nitrogens with zero attached hydrogens (tertiary/aromatic N) is 1. The molecule has 0 saturated heterocycles. The van der Waals surface area contributed by atoms with E-state index in [1.165, 1.54) is 17.7 Å². The number of hydrogen-bond donors (Lipinski definition) is 1. The van der Waals surface area contributed by atoms with Gasteiger partial charge < -0.3 is 5.32 Å². The third-order valence-electron chi connectivity index (χ3n) is 4.18. The molecule has 0 heterocycles. The number of aryl methyl sites for hydroxylation is 1. The van der Waals surface area contributed by atoms with Gasteiger partial charge in [-0.1, -0.05) is 63.6 Å². The van der Waals surface area contributed by atoms with E-state index in [1.54, 1.807) is 12.1 Å². The molecule has 0 fully saturated rings. The second kappa shape index (κ2) is 8.42. The lowest BCUT2D eigenvalue weighted by Gasteiger charge is -2.23. The highest BCUT2D eigenvalue weighted by molar-refractivity contribution is 5.98. The molecule has 1 unspecified atom stereocenters. The summed E-state index contributed by atoms with van der Waals surface area (Å²) in [6, 6.07) is 14.0. The van der Waals surface area contributed by atoms with Crippen molar-refractivity contribution in [2.75, 3.05) is 0 Å². The molecule has 1 N–H and O–H groups in total. The molecule has 0 saturated carbocycles. The normalized spacial score (nSPS) is 12.0. The van der Waals surface area contributed by atoms with Crippen molar-refractivity contribution in [3.05, 3.63) is 75.3 Å². The van der Waals surface area contributed by atoms with Gasteiger partial charge in [-0.3, -0.25) is 14.9 Å². The van der Waals surface area contributed by atoms with Crippen LogP contribution in [0.5, 0.6) is 0 Å². The molecule has 0 aliphatic carbocycles. The average molecular weight is 340 g/mol. The van der Waals surface area contributed by atoms with Gasteiger partial charge in [-0.25, -0.2) is 0 Å². The van der Waals surface area contributed by atoms with E-state index >= 15 is 0 Å². The predicted octanol–water partition coefficient (Wildman–Crippen LogP) is 4.67. The van der Waals surface area contributed by atoms with Gasteiger partial charge >= 0.3 is 0 Å². The van der Waals surface area contributed by atoms with Gasteiger partial charge in [-0.05, 0) is 29.5 Å². The summed E-state index contributed by atoms with van der Waals surface area (Å²) in [5.74, 6) is -0.271. The molecule has 0 bridgehead atoms. The maximum atomic E-state index is 12.6. The zero-order chi connectivity index (χ0) is 18.4. The maximum Gasteiger partial charge on any atom is 0.282 e. The summed E-state index contributed by atoms with van der Waals surface area (Å²) >= 11 is 0. The van der Waals surface area contributed by atoms with Crippen molar-refractivity contribution in [3.63, 3.8) is 0 Å². The van der Waals surface area contributed by atoms with Gasteiger partial charge in [0.05, 0.1) is 11.0 Å². The van der Waals surface area contributed by atoms with Crippen LogP contribution in [0.3, 0.4) is 0 Å². The van der Waals surface area contributed by atoms with Crippen LogP contribution in [0.4, 0.5) is 5.69 Å². The molecule has 1 amide bonds. The van der Waals surface area contributed by atoms with E-state index in [2.05, 4.69) is 24.4 Å². The summed E-state index contributed by atoms with van der Waals surface area (Å²) < 4.78 is 0. The molecule has 0 spiro atoms. The number of nitro groups is 1. The van der Waals surface area contributed by atoms with Crippen LogP contribution in [-0.2, 0) is 6.42 Å². The number of nitro benzene ring substituents is 1. The van der Waals surface area contributed by atoms with E-state index in [4.69, 9.17) is 0 Å². The summed E-state index contributed by atoms with van der Waals surface area (Å²) in [7, 11) is 0. The molecular formula is C20H24N2O3. The summed E-state index contributed by atoms with van der Waals surface area (Å²) in [6.07, 6.45) is 2.11. The molecule has 2 aromatic carbocycles. The summed E-state index contributed by atoms with van der Waals surface area (Å²) in [6.45, 7) is 6.17. The standard InChI is InChI=1S/C20H24N2O3/c1-4-7-15-10-12-16(13-11-15)19(14(2)3)21-20(23)17-8-5-6-9-18(17)22(24)25/h5-6,8-14,19H,4,7H2,1-3H3,(H,21,23). The summed E-state index contributed by atoms with van der Waals surface area (Å²) in [4.78, 5) is 23.2. The summed E-state index contributed by atoms with van der Waals surface area (Å²) in [5.41, 5.74) is 2.17. The van der Waals surface area contributed by atoms with Gasteiger partial charge in [-0.15, -0.1) is 0 Å². The van der Waals surface area contributed by atoms with Crippen molar-refractivity contribution in [1.82, 2.24) is 5.32 Å². The largest absolute Gasteiger partial charge is 0.345 e. The average Bonchev–Trinajstić information content (AvgIpc) is 2.60. The molecule has 0 aromatic heterocycles. The molecule has 0 radical (unpaired) electrons. The topological polar surface area (TPSA) is 72.2 Å². The van der Waals surface area contributed by atoms with Crippen LogP contribution in [0.25, 0.3) is 0 Å². The highest BCUT2D eigenvalue weighted by atomic mass is 16.6. The minimum absolute atomic E-state index is 0.0840. The number of para-hydroxylation sites is 1. The highest BCUT2D eigenvalue weighted by Crippen LogP contribution is 2.25.